The minimum Gasteiger partial charge on any atom is -0.449 e. The van der Waals surface area contributed by atoms with Crippen LogP contribution in [0.4, 0.5) is 4.79 Å². The third-order valence-corrected chi connectivity index (χ3v) is 11.3. The molecule has 7 nitrogen and oxygen atoms in total. The Labute approximate surface area is 241 Å². The number of unbranched alkanes of at least 4 members (excludes halogenated alkanes) is 8. The lowest BCUT2D eigenvalue weighted by Crippen LogP contribution is -2.70. The third-order valence-electron chi connectivity index (χ3n) is 9.92. The summed E-state index contributed by atoms with van der Waals surface area (Å²) in [7, 11) is 0. The number of ether oxygens (including phenoxy) is 3. The Morgan fingerprint density at radius 3 is 2.26 bits per heavy atom. The minimum absolute atomic E-state index is 0.164. The van der Waals surface area contributed by atoms with Crippen molar-refractivity contribution in [2.45, 2.75) is 141 Å². The number of hydrogen-bond donors (Lipinski definition) is 0. The predicted octanol–water partition coefficient (Wildman–Crippen LogP) is 7.92. The molecule has 4 aliphatic heterocycles. The Bertz CT molecular complexity index is 767. The summed E-state index contributed by atoms with van der Waals surface area (Å²) in [4.78, 5) is 25.8. The molecule has 5 rings (SSSR count). The molecule has 0 unspecified atom stereocenters. The van der Waals surface area contributed by atoms with Gasteiger partial charge in [0.2, 0.25) is 5.79 Å². The quantitative estimate of drug-likeness (QED) is 0.147. The van der Waals surface area contributed by atoms with Crippen LogP contribution in [0.2, 0.25) is 0 Å². The molecule has 8 atom stereocenters. The average molecular weight is 570 g/mol. The second-order valence-electron chi connectivity index (χ2n) is 12.6. The molecule has 2 bridgehead atoms. The highest BCUT2D eigenvalue weighted by Crippen LogP contribution is 2.61. The highest BCUT2D eigenvalue weighted by atomic mass is 32.2. The van der Waals surface area contributed by atoms with Crippen molar-refractivity contribution in [3.8, 4) is 0 Å². The molecule has 5 aliphatic rings. The number of nitrogens with zero attached hydrogens (tertiary/aromatic N) is 1. The highest BCUT2D eigenvalue weighted by molar-refractivity contribution is 7.99. The Balaban J connectivity index is 1.07. The molecule has 0 aromatic carbocycles. The normalized spacial score (nSPS) is 37.3. The number of hydrogen-bond acceptors (Lipinski definition) is 7. The maximum Gasteiger partial charge on any atom is 0.409 e. The number of fused-ring (bicyclic) bond motifs is 2. The fraction of sp³-hybridized carbons (Fsp3) is 0.968. The smallest absolute Gasteiger partial charge is 0.409 e. The molecular formula is C31H55NO6S. The van der Waals surface area contributed by atoms with Crippen molar-refractivity contribution in [2.24, 2.45) is 23.7 Å². The molecule has 8 heteroatoms. The summed E-state index contributed by atoms with van der Waals surface area (Å²) < 4.78 is 18.5. The lowest BCUT2D eigenvalue weighted by molar-refractivity contribution is -0.568. The molecule has 0 N–H and O–H groups in total. The third kappa shape index (κ3) is 7.28. The first-order valence-corrected chi connectivity index (χ1v) is 17.1. The van der Waals surface area contributed by atoms with Crippen LogP contribution in [0, 0.1) is 23.7 Å². The van der Waals surface area contributed by atoms with E-state index >= 15 is 0 Å². The van der Waals surface area contributed by atoms with Crippen molar-refractivity contribution < 1.29 is 28.8 Å². The van der Waals surface area contributed by atoms with Crippen molar-refractivity contribution in [3.05, 3.63) is 0 Å². The van der Waals surface area contributed by atoms with Gasteiger partial charge in [-0.15, -0.1) is 11.8 Å². The molecule has 0 aromatic heterocycles. The van der Waals surface area contributed by atoms with Crippen molar-refractivity contribution >= 4 is 17.9 Å². The summed E-state index contributed by atoms with van der Waals surface area (Å²) in [6.07, 6.45) is 15.0. The van der Waals surface area contributed by atoms with Crippen molar-refractivity contribution in [3.63, 3.8) is 0 Å². The van der Waals surface area contributed by atoms with Crippen LogP contribution in [0.25, 0.3) is 0 Å². The number of rotatable bonds is 15. The molecule has 1 aliphatic carbocycles. The van der Waals surface area contributed by atoms with Gasteiger partial charge in [-0.2, -0.15) is 0 Å². The maximum absolute atomic E-state index is 11.8. The fourth-order valence-corrected chi connectivity index (χ4v) is 8.71. The van der Waals surface area contributed by atoms with Crippen LogP contribution in [0.15, 0.2) is 0 Å². The molecular weight excluding hydrogens is 514 g/mol. The van der Waals surface area contributed by atoms with Gasteiger partial charge in [0.05, 0.1) is 6.61 Å². The molecule has 0 aromatic rings. The van der Waals surface area contributed by atoms with Crippen LogP contribution in [-0.2, 0) is 24.0 Å². The van der Waals surface area contributed by atoms with Crippen LogP contribution in [0.3, 0.4) is 0 Å². The largest absolute Gasteiger partial charge is 0.449 e. The molecule has 0 radical (unpaired) electrons. The van der Waals surface area contributed by atoms with E-state index in [1.165, 1.54) is 57.8 Å². The molecule has 5 fully saturated rings. The maximum atomic E-state index is 11.8. The fourth-order valence-electron chi connectivity index (χ4n) is 7.44. The molecule has 4 saturated heterocycles. The van der Waals surface area contributed by atoms with Crippen LogP contribution >= 0.6 is 11.8 Å². The summed E-state index contributed by atoms with van der Waals surface area (Å²) in [5.41, 5.74) is -0.280. The topological polar surface area (TPSA) is 66.5 Å². The lowest BCUT2D eigenvalue weighted by Gasteiger charge is -2.60. The van der Waals surface area contributed by atoms with Crippen LogP contribution in [0.5, 0.6) is 0 Å². The van der Waals surface area contributed by atoms with E-state index in [1.54, 1.807) is 4.90 Å². The molecule has 226 valence electrons. The van der Waals surface area contributed by atoms with E-state index in [1.807, 2.05) is 32.5 Å². The Morgan fingerprint density at radius 2 is 1.56 bits per heavy atom. The molecule has 4 heterocycles. The van der Waals surface area contributed by atoms with E-state index < -0.39 is 11.4 Å². The van der Waals surface area contributed by atoms with E-state index in [0.717, 1.165) is 31.4 Å². The molecule has 1 saturated carbocycles. The van der Waals surface area contributed by atoms with E-state index in [2.05, 4.69) is 13.8 Å². The van der Waals surface area contributed by atoms with E-state index in [0.29, 0.717) is 43.4 Å². The van der Waals surface area contributed by atoms with Gasteiger partial charge in [-0.25, -0.2) is 14.6 Å². The first kappa shape index (κ1) is 31.4. The number of thioether (sulfide) groups is 1. The van der Waals surface area contributed by atoms with Gasteiger partial charge in [0.25, 0.3) is 0 Å². The predicted molar refractivity (Wildman–Crippen MR) is 155 cm³/mol. The Kier molecular flexibility index (Phi) is 11.7. The first-order valence-electron chi connectivity index (χ1n) is 16.1. The van der Waals surface area contributed by atoms with Gasteiger partial charge >= 0.3 is 6.09 Å². The average Bonchev–Trinajstić information content (AvgIpc) is 3.16. The van der Waals surface area contributed by atoms with Crippen molar-refractivity contribution in [1.29, 1.82) is 0 Å². The zero-order valence-corrected chi connectivity index (χ0v) is 26.1. The van der Waals surface area contributed by atoms with E-state index in [4.69, 9.17) is 24.0 Å². The second kappa shape index (κ2) is 14.6. The zero-order valence-electron chi connectivity index (χ0n) is 25.3. The van der Waals surface area contributed by atoms with Gasteiger partial charge in [0, 0.05) is 25.4 Å². The van der Waals surface area contributed by atoms with Crippen molar-refractivity contribution in [1.82, 2.24) is 4.90 Å². The van der Waals surface area contributed by atoms with Crippen LogP contribution in [0.1, 0.15) is 118 Å². The van der Waals surface area contributed by atoms with Gasteiger partial charge in [-0.1, -0.05) is 58.8 Å². The molecule has 1 amide bonds. The number of amides is 1. The standard InChI is InChI=1S/C31H55NO6S/c1-6-32(7-2)29(33)34-21-15-13-11-9-8-10-12-14-16-22-39-27-24(4)26-18-17-23(3)25-19-20-30(5)36-28(35-27)31(25,26)38-37-30/h23-28H,6-22H2,1-5H3/t23-,24-,25+,26+,27+,28-,30-,31-/m1/s1. The monoisotopic (exact) mass is 569 g/mol. The number of carbonyl (C=O) groups excluding carboxylic acids is 1. The summed E-state index contributed by atoms with van der Waals surface area (Å²) in [5.74, 6) is 2.35. The lowest BCUT2D eigenvalue weighted by atomic mass is 9.58. The Hall–Kier alpha value is -0.540. The van der Waals surface area contributed by atoms with Crippen molar-refractivity contribution in [2.75, 3.05) is 25.4 Å². The van der Waals surface area contributed by atoms with Gasteiger partial charge in [0.15, 0.2) is 11.9 Å². The summed E-state index contributed by atoms with van der Waals surface area (Å²) in [6, 6.07) is 0. The Morgan fingerprint density at radius 1 is 0.897 bits per heavy atom. The van der Waals surface area contributed by atoms with Crippen LogP contribution in [-0.4, -0.2) is 59.6 Å². The van der Waals surface area contributed by atoms with Gasteiger partial charge < -0.3 is 19.1 Å². The van der Waals surface area contributed by atoms with Crippen LogP contribution < -0.4 is 0 Å². The highest BCUT2D eigenvalue weighted by Gasteiger charge is 2.69. The van der Waals surface area contributed by atoms with E-state index in [-0.39, 0.29) is 17.8 Å². The van der Waals surface area contributed by atoms with Gasteiger partial charge in [-0.05, 0) is 76.4 Å². The number of carbonyl (C=O) groups is 1. The zero-order chi connectivity index (χ0) is 27.9. The molecule has 39 heavy (non-hydrogen) atoms. The second-order valence-corrected chi connectivity index (χ2v) is 13.8. The molecule has 1 spiro atoms. The van der Waals surface area contributed by atoms with E-state index in [9.17, 15) is 4.79 Å². The first-order chi connectivity index (χ1) is 18.8. The summed E-state index contributed by atoms with van der Waals surface area (Å²) >= 11 is 1.98. The SMILES string of the molecule is CCN(CC)C(=O)OCCCCCCCCCCCS[C@@H]1O[C@@H]2O[C@@]3(C)CC[C@H]4[C@H](C)CC[C@@H]([C@H]1C)[C@@]24OO3. The summed E-state index contributed by atoms with van der Waals surface area (Å²) in [6.45, 7) is 12.7. The minimum atomic E-state index is -0.689. The van der Waals surface area contributed by atoms with Gasteiger partial charge in [0.1, 0.15) is 5.44 Å². The summed E-state index contributed by atoms with van der Waals surface area (Å²) in [5, 5.41) is 0. The van der Waals surface area contributed by atoms with Gasteiger partial charge in [-0.3, -0.25) is 0 Å².